The van der Waals surface area contributed by atoms with Crippen LogP contribution in [0, 0.1) is 0 Å². The number of hydrogen-bond acceptors (Lipinski definition) is 0. The quantitative estimate of drug-likeness (QED) is 0.658. The molecular weight excluding hydrogens is 312 g/mol. The molecule has 0 amide bonds. The molecule has 0 fully saturated rings. The number of halogens is 12. The molecule has 0 rings (SSSR count). The summed E-state index contributed by atoms with van der Waals surface area (Å²) in [5, 5.41) is 0. The summed E-state index contributed by atoms with van der Waals surface area (Å²) >= 11 is 0. The summed E-state index contributed by atoms with van der Waals surface area (Å²) in [4.78, 5) is 0. The first-order chi connectivity index (χ1) is 7.94. The fraction of sp³-hybridized carbons (Fsp3) is 1.00. The van der Waals surface area contributed by atoms with Crippen molar-refractivity contribution < 1.29 is 52.7 Å². The highest BCUT2D eigenvalue weighted by molar-refractivity contribution is 5.08. The van der Waals surface area contributed by atoms with Crippen LogP contribution in [0.5, 0.6) is 0 Å². The van der Waals surface area contributed by atoms with Crippen LogP contribution in [0.25, 0.3) is 0 Å². The van der Waals surface area contributed by atoms with Crippen molar-refractivity contribution in [1.29, 1.82) is 0 Å². The highest BCUT2D eigenvalue weighted by atomic mass is 19.4. The monoisotopic (exact) mass is 316 g/mol. The molecule has 0 saturated heterocycles. The van der Waals surface area contributed by atoms with Crippen LogP contribution >= 0.6 is 0 Å². The molecule has 19 heavy (non-hydrogen) atoms. The molecule has 12 heteroatoms. The zero-order valence-corrected chi connectivity index (χ0v) is 8.61. The Labute approximate surface area is 96.9 Å². The lowest BCUT2D eigenvalue weighted by Crippen LogP contribution is -2.68. The predicted molar refractivity (Wildman–Crippen MR) is 36.4 cm³/mol. The minimum absolute atomic E-state index is 0.947. The van der Waals surface area contributed by atoms with Gasteiger partial charge in [-0.15, -0.1) is 0 Å². The van der Waals surface area contributed by atoms with Gasteiger partial charge in [0.05, 0.1) is 0 Å². The Morgan fingerprint density at radius 1 is 0.579 bits per heavy atom. The fourth-order valence-electron chi connectivity index (χ4n) is 0.819. The van der Waals surface area contributed by atoms with Crippen molar-refractivity contribution in [2.75, 3.05) is 0 Å². The van der Waals surface area contributed by atoms with Gasteiger partial charge in [-0.3, -0.25) is 0 Å². The Bertz CT molecular complexity index is 323. The standard InChI is InChI=1S/C7H4F12/c1-3(10,11)5(14,15)7(18,19)6(16,17)4(12,13)2(8)9/h2H,1H3. The highest BCUT2D eigenvalue weighted by Crippen LogP contribution is 2.57. The van der Waals surface area contributed by atoms with E-state index in [0.717, 1.165) is 0 Å². The Morgan fingerprint density at radius 2 is 0.895 bits per heavy atom. The summed E-state index contributed by atoms with van der Waals surface area (Å²) in [6.45, 7) is -0.947. The second-order valence-electron chi connectivity index (χ2n) is 3.54. The average Bonchev–Trinajstić information content (AvgIpc) is 2.14. The van der Waals surface area contributed by atoms with Crippen LogP contribution in [-0.4, -0.2) is 36.0 Å². The first kappa shape index (κ1) is 18.2. The van der Waals surface area contributed by atoms with E-state index in [2.05, 4.69) is 0 Å². The van der Waals surface area contributed by atoms with E-state index in [1.54, 1.807) is 0 Å². The molecule has 0 heterocycles. The molecule has 0 aliphatic heterocycles. The summed E-state index contributed by atoms with van der Waals surface area (Å²) in [5.41, 5.74) is 0. The van der Waals surface area contributed by atoms with Crippen molar-refractivity contribution in [2.24, 2.45) is 0 Å². The predicted octanol–water partition coefficient (Wildman–Crippen LogP) is 4.45. The summed E-state index contributed by atoms with van der Waals surface area (Å²) < 4.78 is 147. The molecule has 0 atom stereocenters. The second-order valence-corrected chi connectivity index (χ2v) is 3.54. The maximum atomic E-state index is 12.5. The number of rotatable bonds is 5. The van der Waals surface area contributed by atoms with Crippen molar-refractivity contribution in [1.82, 2.24) is 0 Å². The van der Waals surface area contributed by atoms with Gasteiger partial charge in [-0.25, -0.2) is 8.78 Å². The van der Waals surface area contributed by atoms with E-state index in [9.17, 15) is 52.7 Å². The van der Waals surface area contributed by atoms with E-state index >= 15 is 0 Å². The van der Waals surface area contributed by atoms with Crippen molar-refractivity contribution >= 4 is 0 Å². The van der Waals surface area contributed by atoms with Crippen LogP contribution in [-0.2, 0) is 0 Å². The van der Waals surface area contributed by atoms with Crippen LogP contribution in [0.15, 0.2) is 0 Å². The lowest BCUT2D eigenvalue weighted by Gasteiger charge is -2.38. The Morgan fingerprint density at radius 3 is 1.11 bits per heavy atom. The molecule has 116 valence electrons. The van der Waals surface area contributed by atoms with Crippen LogP contribution in [0.4, 0.5) is 52.7 Å². The van der Waals surface area contributed by atoms with Crippen LogP contribution in [0.2, 0.25) is 0 Å². The van der Waals surface area contributed by atoms with Gasteiger partial charge < -0.3 is 0 Å². The first-order valence-electron chi connectivity index (χ1n) is 4.11. The van der Waals surface area contributed by atoms with Crippen LogP contribution in [0.1, 0.15) is 6.92 Å². The molecule has 0 unspecified atom stereocenters. The third kappa shape index (κ3) is 2.33. The normalized spacial score (nSPS) is 16.1. The van der Waals surface area contributed by atoms with Crippen molar-refractivity contribution in [3.63, 3.8) is 0 Å². The minimum Gasteiger partial charge on any atom is -0.203 e. The summed E-state index contributed by atoms with van der Waals surface area (Å²) in [6, 6.07) is 0. The molecule has 0 aliphatic carbocycles. The van der Waals surface area contributed by atoms with Gasteiger partial charge in [-0.05, 0) is 0 Å². The molecule has 0 aromatic rings. The Kier molecular flexibility index (Phi) is 4.14. The van der Waals surface area contributed by atoms with E-state index < -0.39 is 43.0 Å². The third-order valence-electron chi connectivity index (χ3n) is 2.03. The van der Waals surface area contributed by atoms with E-state index in [-0.39, 0.29) is 0 Å². The van der Waals surface area contributed by atoms with Gasteiger partial charge in [0, 0.05) is 6.92 Å². The first-order valence-corrected chi connectivity index (χ1v) is 4.11. The van der Waals surface area contributed by atoms with Gasteiger partial charge >= 0.3 is 36.0 Å². The maximum Gasteiger partial charge on any atom is 0.384 e. The van der Waals surface area contributed by atoms with Crippen LogP contribution in [0.3, 0.4) is 0 Å². The molecule has 0 bridgehead atoms. The molecule has 0 saturated carbocycles. The van der Waals surface area contributed by atoms with Crippen molar-refractivity contribution in [3.8, 4) is 0 Å². The van der Waals surface area contributed by atoms with Gasteiger partial charge in [-0.1, -0.05) is 0 Å². The summed E-state index contributed by atoms with van der Waals surface area (Å²) in [6.07, 6.45) is -5.46. The molecule has 0 N–H and O–H groups in total. The molecule has 0 aliphatic rings. The zero-order chi connectivity index (χ0) is 16.1. The summed E-state index contributed by atoms with van der Waals surface area (Å²) in [5.74, 6) is -34.5. The Hall–Kier alpha value is -0.840. The van der Waals surface area contributed by atoms with E-state index in [0.29, 0.717) is 0 Å². The van der Waals surface area contributed by atoms with E-state index in [4.69, 9.17) is 0 Å². The molecule has 0 radical (unpaired) electrons. The summed E-state index contributed by atoms with van der Waals surface area (Å²) in [7, 11) is 0. The molecular formula is C7H4F12. The topological polar surface area (TPSA) is 0 Å². The van der Waals surface area contributed by atoms with Crippen molar-refractivity contribution in [2.45, 2.75) is 43.0 Å². The fourth-order valence-corrected chi connectivity index (χ4v) is 0.819. The largest absolute Gasteiger partial charge is 0.384 e. The number of hydrogen-bond donors (Lipinski definition) is 0. The SMILES string of the molecule is CC(F)(F)C(F)(F)C(F)(F)C(F)(F)C(F)(F)C(F)F. The maximum absolute atomic E-state index is 12.5. The van der Waals surface area contributed by atoms with Gasteiger partial charge in [0.2, 0.25) is 0 Å². The second kappa shape index (κ2) is 4.33. The molecule has 0 spiro atoms. The van der Waals surface area contributed by atoms with Crippen LogP contribution < -0.4 is 0 Å². The third-order valence-corrected chi connectivity index (χ3v) is 2.03. The number of alkyl halides is 12. The van der Waals surface area contributed by atoms with Gasteiger partial charge in [-0.2, -0.15) is 43.9 Å². The van der Waals surface area contributed by atoms with E-state index in [1.807, 2.05) is 0 Å². The zero-order valence-electron chi connectivity index (χ0n) is 8.61. The molecule has 0 nitrogen and oxygen atoms in total. The van der Waals surface area contributed by atoms with Gasteiger partial charge in [0.15, 0.2) is 0 Å². The smallest absolute Gasteiger partial charge is 0.203 e. The molecule has 0 aromatic heterocycles. The lowest BCUT2D eigenvalue weighted by atomic mass is 9.95. The van der Waals surface area contributed by atoms with Gasteiger partial charge in [0.25, 0.3) is 0 Å². The highest BCUT2D eigenvalue weighted by Gasteiger charge is 2.86. The van der Waals surface area contributed by atoms with Gasteiger partial charge in [0.1, 0.15) is 0 Å². The van der Waals surface area contributed by atoms with Crippen molar-refractivity contribution in [3.05, 3.63) is 0 Å². The lowest BCUT2D eigenvalue weighted by molar-refractivity contribution is -0.410. The minimum atomic E-state index is -7.40. The van der Waals surface area contributed by atoms with E-state index in [1.165, 1.54) is 0 Å². The molecule has 0 aromatic carbocycles. The average molecular weight is 316 g/mol. The Balaban J connectivity index is 5.92.